The van der Waals surface area contributed by atoms with Gasteiger partial charge in [0, 0.05) is 0 Å². The second-order valence-electron chi connectivity index (χ2n) is 5.80. The zero-order valence-corrected chi connectivity index (χ0v) is 15.0. The highest BCUT2D eigenvalue weighted by atomic mass is 35.5. The minimum Gasteiger partial charge on any atom is -0.482 e. The molecule has 1 heterocycles. The van der Waals surface area contributed by atoms with Crippen molar-refractivity contribution in [2.24, 2.45) is 0 Å². The normalized spacial score (nSPS) is 12.6. The Bertz CT molecular complexity index is 1020. The van der Waals surface area contributed by atoms with Crippen molar-refractivity contribution in [1.29, 1.82) is 0 Å². The number of alkyl halides is 3. The van der Waals surface area contributed by atoms with Gasteiger partial charge in [0.1, 0.15) is 11.6 Å². The van der Waals surface area contributed by atoms with Crippen molar-refractivity contribution in [1.82, 2.24) is 15.0 Å². The maximum absolute atomic E-state index is 13.2. The fourth-order valence-corrected chi connectivity index (χ4v) is 2.52. The van der Waals surface area contributed by atoms with Gasteiger partial charge in [-0.1, -0.05) is 22.9 Å². The number of Topliss-reactive ketones (excluding diaryl/α,β-unsaturated/α-hetero) is 1. The van der Waals surface area contributed by atoms with Crippen LogP contribution in [0, 0.1) is 5.82 Å². The Balaban J connectivity index is 1.75. The molecule has 0 N–H and O–H groups in total. The number of nitrogens with zero attached hydrogens (tertiary/aromatic N) is 3. The molecule has 0 saturated carbocycles. The maximum atomic E-state index is 13.2. The third-order valence-electron chi connectivity index (χ3n) is 3.76. The van der Waals surface area contributed by atoms with Crippen LogP contribution in [0.5, 0.6) is 5.75 Å². The highest BCUT2D eigenvalue weighted by Gasteiger charge is 2.31. The summed E-state index contributed by atoms with van der Waals surface area (Å²) in [6, 6.07) is 8.05. The Kier molecular flexibility index (Phi) is 5.37. The molecule has 1 aromatic heterocycles. The van der Waals surface area contributed by atoms with E-state index < -0.39 is 29.4 Å². The molecule has 0 bridgehead atoms. The number of benzene rings is 2. The molecule has 0 spiro atoms. The first-order chi connectivity index (χ1) is 13.1. The van der Waals surface area contributed by atoms with E-state index >= 15 is 0 Å². The largest absolute Gasteiger partial charge is 0.482 e. The number of hydrogen-bond donors (Lipinski definition) is 0. The Morgan fingerprint density at radius 1 is 1.21 bits per heavy atom. The second kappa shape index (κ2) is 7.59. The van der Waals surface area contributed by atoms with Crippen molar-refractivity contribution >= 4 is 17.4 Å². The van der Waals surface area contributed by atoms with E-state index in [0.29, 0.717) is 5.69 Å². The van der Waals surface area contributed by atoms with Gasteiger partial charge in [0.15, 0.2) is 11.8 Å². The number of carbonyl (C=O) groups excluding carboxylic acids is 1. The zero-order chi connectivity index (χ0) is 20.5. The standard InChI is InChI=1S/C18H12ClF4N3O2/c1-10(28-13-4-2-3-11(7-13)18(21,22)23)17(27)16-9-26(25-24-16)12-5-6-15(20)14(19)8-12/h2-10H,1H3/t10-/m0/s1. The van der Waals surface area contributed by atoms with Crippen LogP contribution in [0.3, 0.4) is 0 Å². The Morgan fingerprint density at radius 2 is 1.96 bits per heavy atom. The molecule has 0 aliphatic rings. The Morgan fingerprint density at radius 3 is 2.64 bits per heavy atom. The molecule has 28 heavy (non-hydrogen) atoms. The predicted octanol–water partition coefficient (Wildman–Crippen LogP) is 4.73. The molecule has 146 valence electrons. The number of ether oxygens (including phenoxy) is 1. The fourth-order valence-electron chi connectivity index (χ4n) is 2.34. The van der Waals surface area contributed by atoms with E-state index in [1.54, 1.807) is 0 Å². The molecule has 5 nitrogen and oxygen atoms in total. The van der Waals surface area contributed by atoms with Crippen molar-refractivity contribution in [2.75, 3.05) is 0 Å². The number of rotatable bonds is 5. The van der Waals surface area contributed by atoms with Crippen LogP contribution in [-0.4, -0.2) is 26.9 Å². The number of ketones is 1. The number of aromatic nitrogens is 3. The van der Waals surface area contributed by atoms with E-state index in [9.17, 15) is 22.4 Å². The van der Waals surface area contributed by atoms with Gasteiger partial charge in [0.05, 0.1) is 22.5 Å². The molecule has 0 aliphatic heterocycles. The van der Waals surface area contributed by atoms with Crippen LogP contribution in [0.4, 0.5) is 17.6 Å². The van der Waals surface area contributed by atoms with E-state index in [1.807, 2.05) is 0 Å². The molecule has 0 saturated heterocycles. The van der Waals surface area contributed by atoms with Gasteiger partial charge >= 0.3 is 6.18 Å². The smallest absolute Gasteiger partial charge is 0.416 e. The van der Waals surface area contributed by atoms with Gasteiger partial charge in [-0.2, -0.15) is 13.2 Å². The van der Waals surface area contributed by atoms with E-state index in [1.165, 1.54) is 42.1 Å². The number of halogens is 5. The van der Waals surface area contributed by atoms with E-state index in [0.717, 1.165) is 18.2 Å². The van der Waals surface area contributed by atoms with Crippen molar-refractivity contribution < 1.29 is 27.1 Å². The van der Waals surface area contributed by atoms with Crippen LogP contribution >= 0.6 is 11.6 Å². The van der Waals surface area contributed by atoms with Crippen LogP contribution in [0.1, 0.15) is 23.0 Å². The highest BCUT2D eigenvalue weighted by Crippen LogP contribution is 2.31. The number of carbonyl (C=O) groups is 1. The third kappa shape index (κ3) is 4.30. The van der Waals surface area contributed by atoms with Crippen LogP contribution < -0.4 is 4.74 Å². The molecule has 2 aromatic carbocycles. The quantitative estimate of drug-likeness (QED) is 0.448. The molecule has 10 heteroatoms. The van der Waals surface area contributed by atoms with E-state index in [-0.39, 0.29) is 16.5 Å². The minimum atomic E-state index is -4.52. The van der Waals surface area contributed by atoms with Gasteiger partial charge < -0.3 is 4.74 Å². The van der Waals surface area contributed by atoms with Crippen molar-refractivity contribution in [3.63, 3.8) is 0 Å². The van der Waals surface area contributed by atoms with Gasteiger partial charge in [0.2, 0.25) is 5.78 Å². The van der Waals surface area contributed by atoms with Crippen LogP contribution in [0.2, 0.25) is 5.02 Å². The van der Waals surface area contributed by atoms with Gasteiger partial charge in [-0.25, -0.2) is 9.07 Å². The topological polar surface area (TPSA) is 57.0 Å². The molecule has 0 amide bonds. The van der Waals surface area contributed by atoms with Crippen LogP contribution in [0.25, 0.3) is 5.69 Å². The van der Waals surface area contributed by atoms with Gasteiger partial charge in [-0.15, -0.1) is 5.10 Å². The summed E-state index contributed by atoms with van der Waals surface area (Å²) in [6.45, 7) is 1.39. The minimum absolute atomic E-state index is 0.0695. The lowest BCUT2D eigenvalue weighted by atomic mass is 10.2. The predicted molar refractivity (Wildman–Crippen MR) is 92.2 cm³/mol. The lowest BCUT2D eigenvalue weighted by Gasteiger charge is -2.14. The zero-order valence-electron chi connectivity index (χ0n) is 14.2. The molecule has 0 radical (unpaired) electrons. The summed E-state index contributed by atoms with van der Waals surface area (Å²) < 4.78 is 58.1. The Labute approximate surface area is 161 Å². The molecule has 0 aliphatic carbocycles. The first-order valence-corrected chi connectivity index (χ1v) is 8.29. The molecule has 3 rings (SSSR count). The summed E-state index contributed by atoms with van der Waals surface area (Å²) in [6.07, 6.45) is -4.34. The Hall–Kier alpha value is -2.94. The molecule has 3 aromatic rings. The van der Waals surface area contributed by atoms with Crippen molar-refractivity contribution in [3.8, 4) is 11.4 Å². The average molecular weight is 414 g/mol. The summed E-state index contributed by atoms with van der Waals surface area (Å²) in [5.41, 5.74) is -0.576. The lowest BCUT2D eigenvalue weighted by molar-refractivity contribution is -0.137. The van der Waals surface area contributed by atoms with E-state index in [4.69, 9.17) is 16.3 Å². The third-order valence-corrected chi connectivity index (χ3v) is 4.05. The van der Waals surface area contributed by atoms with Gasteiger partial charge in [-0.3, -0.25) is 4.79 Å². The molecular formula is C18H12ClF4N3O2. The molecule has 1 atom stereocenters. The fraction of sp³-hybridized carbons (Fsp3) is 0.167. The monoisotopic (exact) mass is 413 g/mol. The van der Waals surface area contributed by atoms with E-state index in [2.05, 4.69) is 10.3 Å². The van der Waals surface area contributed by atoms with Crippen molar-refractivity contribution in [2.45, 2.75) is 19.2 Å². The first kappa shape index (κ1) is 19.8. The molecule has 0 fully saturated rings. The highest BCUT2D eigenvalue weighted by molar-refractivity contribution is 6.30. The summed E-state index contributed by atoms with van der Waals surface area (Å²) in [7, 11) is 0. The summed E-state index contributed by atoms with van der Waals surface area (Å²) in [5.74, 6) is -1.30. The summed E-state index contributed by atoms with van der Waals surface area (Å²) in [5, 5.41) is 7.38. The summed E-state index contributed by atoms with van der Waals surface area (Å²) >= 11 is 5.72. The first-order valence-electron chi connectivity index (χ1n) is 7.91. The molecule has 0 unspecified atom stereocenters. The average Bonchev–Trinajstić information content (AvgIpc) is 3.13. The summed E-state index contributed by atoms with van der Waals surface area (Å²) in [4.78, 5) is 12.4. The van der Waals surface area contributed by atoms with Gasteiger partial charge in [0.25, 0.3) is 0 Å². The van der Waals surface area contributed by atoms with Crippen LogP contribution in [-0.2, 0) is 6.18 Å². The molecular weight excluding hydrogens is 402 g/mol. The SMILES string of the molecule is C[C@H](Oc1cccc(C(F)(F)F)c1)C(=O)c1cn(-c2ccc(F)c(Cl)c2)nn1. The van der Waals surface area contributed by atoms with Crippen molar-refractivity contribution in [3.05, 3.63) is 70.8 Å². The lowest BCUT2D eigenvalue weighted by Crippen LogP contribution is -2.24. The maximum Gasteiger partial charge on any atom is 0.416 e. The van der Waals surface area contributed by atoms with Crippen LogP contribution in [0.15, 0.2) is 48.7 Å². The van der Waals surface area contributed by atoms with Gasteiger partial charge in [-0.05, 0) is 43.3 Å². The number of hydrogen-bond acceptors (Lipinski definition) is 4. The second-order valence-corrected chi connectivity index (χ2v) is 6.20.